The lowest BCUT2D eigenvalue weighted by Gasteiger charge is -2.30. The molecule has 86 valence electrons. The predicted octanol–water partition coefficient (Wildman–Crippen LogP) is 1.39. The summed E-state index contributed by atoms with van der Waals surface area (Å²) in [5, 5.41) is 11.9. The Labute approximate surface area is 91.1 Å². The minimum absolute atomic E-state index is 0.142. The summed E-state index contributed by atoms with van der Waals surface area (Å²) in [6, 6.07) is 0.832. The molecule has 15 heavy (non-hydrogen) atoms. The van der Waals surface area contributed by atoms with E-state index in [0.29, 0.717) is 11.9 Å². The van der Waals surface area contributed by atoms with E-state index in [1.54, 1.807) is 0 Å². The monoisotopic (exact) mass is 211 g/mol. The molecule has 2 aliphatic carbocycles. The quantitative estimate of drug-likeness (QED) is 0.302. The number of oxime groups is 1. The lowest BCUT2D eigenvalue weighted by Crippen LogP contribution is -2.46. The summed E-state index contributed by atoms with van der Waals surface area (Å²) in [4.78, 5) is 2.45. The fourth-order valence-corrected chi connectivity index (χ4v) is 2.22. The topological polar surface area (TPSA) is 61.9 Å². The van der Waals surface area contributed by atoms with Gasteiger partial charge in [-0.25, -0.2) is 0 Å². The van der Waals surface area contributed by atoms with E-state index < -0.39 is 0 Å². The minimum Gasteiger partial charge on any atom is -0.409 e. The smallest absolute Gasteiger partial charge is 0.156 e. The van der Waals surface area contributed by atoms with Crippen LogP contribution in [0.2, 0.25) is 0 Å². The van der Waals surface area contributed by atoms with Crippen LogP contribution >= 0.6 is 0 Å². The number of nitrogens with two attached hydrogens (primary N) is 1. The molecule has 4 heteroatoms. The highest BCUT2D eigenvalue weighted by Gasteiger charge is 2.38. The molecule has 3 N–H and O–H groups in total. The zero-order chi connectivity index (χ0) is 10.8. The molecule has 2 saturated carbocycles. The predicted molar refractivity (Wildman–Crippen MR) is 59.9 cm³/mol. The van der Waals surface area contributed by atoms with Crippen LogP contribution in [0.5, 0.6) is 0 Å². The Balaban J connectivity index is 1.99. The van der Waals surface area contributed by atoms with Crippen LogP contribution < -0.4 is 5.73 Å². The highest BCUT2D eigenvalue weighted by Crippen LogP contribution is 2.36. The molecule has 2 rings (SSSR count). The van der Waals surface area contributed by atoms with E-state index in [2.05, 4.69) is 17.0 Å². The first kappa shape index (κ1) is 10.7. The van der Waals surface area contributed by atoms with Gasteiger partial charge in [0.05, 0.1) is 6.04 Å². The normalized spacial score (nSPS) is 24.5. The summed E-state index contributed by atoms with van der Waals surface area (Å²) in [5.41, 5.74) is 5.75. The van der Waals surface area contributed by atoms with Crippen LogP contribution in [-0.2, 0) is 0 Å². The van der Waals surface area contributed by atoms with Crippen LogP contribution in [0.4, 0.5) is 0 Å². The molecule has 0 aromatic heterocycles. The van der Waals surface area contributed by atoms with Crippen molar-refractivity contribution in [3.63, 3.8) is 0 Å². The van der Waals surface area contributed by atoms with Gasteiger partial charge in [-0.1, -0.05) is 12.1 Å². The van der Waals surface area contributed by atoms with Crippen molar-refractivity contribution in [1.29, 1.82) is 0 Å². The molecule has 0 spiro atoms. The second-order valence-electron chi connectivity index (χ2n) is 4.82. The highest BCUT2D eigenvalue weighted by atomic mass is 16.4. The lowest BCUT2D eigenvalue weighted by molar-refractivity contribution is 0.209. The molecular formula is C11H21N3O. The number of hydrogen-bond donors (Lipinski definition) is 2. The first-order valence-electron chi connectivity index (χ1n) is 5.99. The van der Waals surface area contributed by atoms with Gasteiger partial charge in [-0.15, -0.1) is 0 Å². The number of rotatable bonds is 6. The van der Waals surface area contributed by atoms with Gasteiger partial charge in [0.25, 0.3) is 0 Å². The Bertz CT molecular complexity index is 246. The van der Waals surface area contributed by atoms with Crippen molar-refractivity contribution in [2.45, 2.75) is 51.1 Å². The van der Waals surface area contributed by atoms with Gasteiger partial charge < -0.3 is 10.9 Å². The van der Waals surface area contributed by atoms with Crippen molar-refractivity contribution in [3.05, 3.63) is 0 Å². The largest absolute Gasteiger partial charge is 0.409 e. The Hall–Kier alpha value is -0.770. The summed E-state index contributed by atoms with van der Waals surface area (Å²) >= 11 is 0. The molecule has 0 amide bonds. The third-order valence-corrected chi connectivity index (χ3v) is 3.43. The summed E-state index contributed by atoms with van der Waals surface area (Å²) in [6.07, 6.45) is 6.20. The molecule has 0 radical (unpaired) electrons. The van der Waals surface area contributed by atoms with Crippen LogP contribution in [0.1, 0.15) is 39.0 Å². The van der Waals surface area contributed by atoms with Gasteiger partial charge in [0.2, 0.25) is 0 Å². The second-order valence-corrected chi connectivity index (χ2v) is 4.82. The third-order valence-electron chi connectivity index (χ3n) is 3.43. The third kappa shape index (κ3) is 2.62. The van der Waals surface area contributed by atoms with Crippen molar-refractivity contribution < 1.29 is 5.21 Å². The molecule has 0 aromatic rings. The molecular weight excluding hydrogens is 190 g/mol. The van der Waals surface area contributed by atoms with E-state index in [4.69, 9.17) is 10.9 Å². The maximum absolute atomic E-state index is 8.77. The van der Waals surface area contributed by atoms with Crippen LogP contribution in [0.25, 0.3) is 0 Å². The summed E-state index contributed by atoms with van der Waals surface area (Å²) in [6.45, 7) is 3.24. The first-order valence-corrected chi connectivity index (χ1v) is 5.99. The van der Waals surface area contributed by atoms with Gasteiger partial charge in [-0.3, -0.25) is 4.90 Å². The molecule has 0 saturated heterocycles. The van der Waals surface area contributed by atoms with E-state index >= 15 is 0 Å². The van der Waals surface area contributed by atoms with E-state index in [9.17, 15) is 0 Å². The van der Waals surface area contributed by atoms with Crippen LogP contribution in [0.3, 0.4) is 0 Å². The van der Waals surface area contributed by atoms with Crippen LogP contribution in [0.15, 0.2) is 5.16 Å². The number of amidine groups is 1. The molecule has 1 atom stereocenters. The Morgan fingerprint density at radius 1 is 1.47 bits per heavy atom. The Kier molecular flexibility index (Phi) is 3.14. The second kappa shape index (κ2) is 4.39. The van der Waals surface area contributed by atoms with Crippen molar-refractivity contribution in [2.24, 2.45) is 16.8 Å². The van der Waals surface area contributed by atoms with E-state index in [0.717, 1.165) is 18.9 Å². The van der Waals surface area contributed by atoms with E-state index in [1.165, 1.54) is 25.7 Å². The van der Waals surface area contributed by atoms with E-state index in [1.807, 2.05) is 0 Å². The summed E-state index contributed by atoms with van der Waals surface area (Å²) in [5.74, 6) is 1.25. The fraction of sp³-hybridized carbons (Fsp3) is 0.909. The van der Waals surface area contributed by atoms with Gasteiger partial charge in [0, 0.05) is 12.6 Å². The van der Waals surface area contributed by atoms with Gasteiger partial charge in [0.15, 0.2) is 5.84 Å². The van der Waals surface area contributed by atoms with Gasteiger partial charge in [0.1, 0.15) is 0 Å². The molecule has 0 bridgehead atoms. The molecule has 4 nitrogen and oxygen atoms in total. The maximum Gasteiger partial charge on any atom is 0.156 e. The average Bonchev–Trinajstić information content (AvgIpc) is 3.09. The average molecular weight is 211 g/mol. The molecule has 2 aliphatic rings. The first-order chi connectivity index (χ1) is 7.26. The maximum atomic E-state index is 8.77. The van der Waals surface area contributed by atoms with Gasteiger partial charge in [-0.2, -0.15) is 0 Å². The van der Waals surface area contributed by atoms with Crippen molar-refractivity contribution in [2.75, 3.05) is 6.54 Å². The van der Waals surface area contributed by atoms with Crippen LogP contribution in [0, 0.1) is 5.92 Å². The SMILES string of the molecule is CCC(C(N)=NO)N(CC1CC1)C1CC1. The molecule has 0 aromatic carbocycles. The van der Waals surface area contributed by atoms with Gasteiger partial charge in [-0.05, 0) is 38.0 Å². The number of hydrogen-bond acceptors (Lipinski definition) is 3. The standard InChI is InChI=1S/C11H21N3O/c1-2-10(11(12)13-15)14(9-5-6-9)7-8-3-4-8/h8-10,15H,2-7H2,1H3,(H2,12,13). The highest BCUT2D eigenvalue weighted by molar-refractivity contribution is 5.85. The molecule has 2 fully saturated rings. The Morgan fingerprint density at radius 3 is 2.53 bits per heavy atom. The fourth-order valence-electron chi connectivity index (χ4n) is 2.22. The zero-order valence-corrected chi connectivity index (χ0v) is 9.39. The van der Waals surface area contributed by atoms with Crippen molar-refractivity contribution >= 4 is 5.84 Å². The summed E-state index contributed by atoms with van der Waals surface area (Å²) in [7, 11) is 0. The molecule has 0 aliphatic heterocycles. The van der Waals surface area contributed by atoms with Crippen LogP contribution in [-0.4, -0.2) is 34.6 Å². The zero-order valence-electron chi connectivity index (χ0n) is 9.39. The lowest BCUT2D eigenvalue weighted by atomic mass is 10.1. The van der Waals surface area contributed by atoms with Gasteiger partial charge >= 0.3 is 0 Å². The van der Waals surface area contributed by atoms with Crippen molar-refractivity contribution in [1.82, 2.24) is 4.90 Å². The molecule has 1 unspecified atom stereocenters. The Morgan fingerprint density at radius 2 is 2.13 bits per heavy atom. The number of nitrogens with zero attached hydrogens (tertiary/aromatic N) is 2. The minimum atomic E-state index is 0.142. The summed E-state index contributed by atoms with van der Waals surface area (Å²) < 4.78 is 0. The van der Waals surface area contributed by atoms with Crippen molar-refractivity contribution in [3.8, 4) is 0 Å². The molecule has 0 heterocycles. The van der Waals surface area contributed by atoms with E-state index in [-0.39, 0.29) is 6.04 Å².